The number of rotatable bonds is 6. The van der Waals surface area contributed by atoms with Crippen molar-refractivity contribution in [3.63, 3.8) is 0 Å². The fourth-order valence-corrected chi connectivity index (χ4v) is 3.51. The second kappa shape index (κ2) is 7.95. The maximum absolute atomic E-state index is 12.6. The predicted molar refractivity (Wildman–Crippen MR) is 99.2 cm³/mol. The summed E-state index contributed by atoms with van der Waals surface area (Å²) < 4.78 is 33.0. The first kappa shape index (κ1) is 19.4. The summed E-state index contributed by atoms with van der Waals surface area (Å²) in [6, 6.07) is 8.61. The summed E-state index contributed by atoms with van der Waals surface area (Å²) in [5.41, 5.74) is 0.415. The van der Waals surface area contributed by atoms with Gasteiger partial charge in [-0.05, 0) is 43.3 Å². The maximum atomic E-state index is 12.6. The van der Waals surface area contributed by atoms with Crippen LogP contribution in [0.4, 0.5) is 11.4 Å². The van der Waals surface area contributed by atoms with Crippen LogP contribution in [0.1, 0.15) is 13.8 Å². The molecule has 134 valence electrons. The Hall–Kier alpha value is -1.96. The smallest absolute Gasteiger partial charge is 0.262 e. The number of carbonyl (C=O) groups excluding carboxylic acids is 1. The van der Waals surface area contributed by atoms with Crippen LogP contribution in [0.2, 0.25) is 10.0 Å². The van der Waals surface area contributed by atoms with Gasteiger partial charge in [0.05, 0.1) is 27.9 Å². The highest BCUT2D eigenvalue weighted by Crippen LogP contribution is 2.31. The highest BCUT2D eigenvalue weighted by Gasteiger charge is 2.19. The Morgan fingerprint density at radius 3 is 2.48 bits per heavy atom. The molecule has 2 aromatic carbocycles. The van der Waals surface area contributed by atoms with Crippen molar-refractivity contribution in [1.82, 2.24) is 0 Å². The van der Waals surface area contributed by atoms with E-state index in [2.05, 4.69) is 10.0 Å². The fraction of sp³-hybridized carbons (Fsp3) is 0.188. The normalized spacial score (nSPS) is 11.0. The molecule has 6 nitrogen and oxygen atoms in total. The van der Waals surface area contributed by atoms with Crippen LogP contribution < -0.4 is 14.8 Å². The number of anilines is 2. The maximum Gasteiger partial charge on any atom is 0.262 e. The SMILES string of the molecule is CCOc1ccc(S(=O)(=O)Nc2cc(Cl)ccc2Cl)cc1NC(C)=O. The van der Waals surface area contributed by atoms with Crippen molar-refractivity contribution in [1.29, 1.82) is 0 Å². The molecule has 0 aromatic heterocycles. The summed E-state index contributed by atoms with van der Waals surface area (Å²) in [5.74, 6) is 0.0267. The quantitative estimate of drug-likeness (QED) is 0.759. The van der Waals surface area contributed by atoms with Gasteiger partial charge in [0, 0.05) is 11.9 Å². The Morgan fingerprint density at radius 2 is 1.84 bits per heavy atom. The first-order valence-electron chi connectivity index (χ1n) is 7.25. The first-order chi connectivity index (χ1) is 11.7. The number of hydrogen-bond donors (Lipinski definition) is 2. The van der Waals surface area contributed by atoms with Gasteiger partial charge in [-0.15, -0.1) is 0 Å². The molecule has 0 saturated carbocycles. The zero-order valence-corrected chi connectivity index (χ0v) is 15.8. The second-order valence-electron chi connectivity index (χ2n) is 5.00. The van der Waals surface area contributed by atoms with E-state index < -0.39 is 10.0 Å². The van der Waals surface area contributed by atoms with Crippen LogP contribution in [0.5, 0.6) is 5.75 Å². The van der Waals surface area contributed by atoms with E-state index in [0.29, 0.717) is 17.4 Å². The number of sulfonamides is 1. The molecule has 25 heavy (non-hydrogen) atoms. The Kier molecular flexibility index (Phi) is 6.16. The van der Waals surface area contributed by atoms with Crippen molar-refractivity contribution >= 4 is 50.5 Å². The molecule has 0 spiro atoms. The molecule has 0 radical (unpaired) electrons. The lowest BCUT2D eigenvalue weighted by atomic mass is 10.3. The third-order valence-electron chi connectivity index (χ3n) is 3.04. The molecule has 0 fully saturated rings. The van der Waals surface area contributed by atoms with E-state index in [9.17, 15) is 13.2 Å². The number of hydrogen-bond acceptors (Lipinski definition) is 4. The number of ether oxygens (including phenoxy) is 1. The molecule has 2 rings (SSSR count). The van der Waals surface area contributed by atoms with Crippen LogP contribution in [0.3, 0.4) is 0 Å². The van der Waals surface area contributed by atoms with Crippen LogP contribution in [0.15, 0.2) is 41.3 Å². The molecule has 2 aromatic rings. The van der Waals surface area contributed by atoms with Crippen LogP contribution in [0, 0.1) is 0 Å². The lowest BCUT2D eigenvalue weighted by Gasteiger charge is -2.14. The molecule has 0 aliphatic carbocycles. The zero-order valence-electron chi connectivity index (χ0n) is 13.5. The molecular formula is C16H16Cl2N2O4S. The number of carbonyl (C=O) groups is 1. The van der Waals surface area contributed by atoms with Gasteiger partial charge in [-0.2, -0.15) is 0 Å². The minimum absolute atomic E-state index is 0.0595. The monoisotopic (exact) mass is 402 g/mol. The largest absolute Gasteiger partial charge is 0.492 e. The second-order valence-corrected chi connectivity index (χ2v) is 7.53. The predicted octanol–water partition coefficient (Wildman–Crippen LogP) is 4.15. The van der Waals surface area contributed by atoms with Gasteiger partial charge >= 0.3 is 0 Å². The Labute approximate surface area is 156 Å². The van der Waals surface area contributed by atoms with Crippen LogP contribution >= 0.6 is 23.2 Å². The van der Waals surface area contributed by atoms with E-state index in [1.54, 1.807) is 13.0 Å². The average molecular weight is 403 g/mol. The Morgan fingerprint density at radius 1 is 1.12 bits per heavy atom. The minimum atomic E-state index is -3.94. The van der Waals surface area contributed by atoms with Crippen LogP contribution in [-0.4, -0.2) is 20.9 Å². The Bertz CT molecular complexity index is 901. The van der Waals surface area contributed by atoms with Gasteiger partial charge in [0.2, 0.25) is 5.91 Å². The third-order valence-corrected chi connectivity index (χ3v) is 4.97. The molecule has 0 unspecified atom stereocenters. The van der Waals surface area contributed by atoms with Crippen molar-refractivity contribution < 1.29 is 17.9 Å². The van der Waals surface area contributed by atoms with Crippen molar-refractivity contribution in [3.05, 3.63) is 46.4 Å². The minimum Gasteiger partial charge on any atom is -0.492 e. The number of nitrogens with one attached hydrogen (secondary N) is 2. The third kappa shape index (κ3) is 5.01. The van der Waals surface area contributed by atoms with Gasteiger partial charge in [-0.3, -0.25) is 9.52 Å². The summed E-state index contributed by atoms with van der Waals surface area (Å²) in [6.07, 6.45) is 0. The Balaban J connectivity index is 2.41. The van der Waals surface area contributed by atoms with Gasteiger partial charge in [0.25, 0.3) is 10.0 Å². The van der Waals surface area contributed by atoms with Gasteiger partial charge < -0.3 is 10.1 Å². The molecule has 0 aliphatic heterocycles. The van der Waals surface area contributed by atoms with Crippen molar-refractivity contribution in [2.24, 2.45) is 0 Å². The number of amides is 1. The summed E-state index contributed by atoms with van der Waals surface area (Å²) in [7, 11) is -3.94. The summed E-state index contributed by atoms with van der Waals surface area (Å²) in [5, 5.41) is 3.10. The average Bonchev–Trinajstić information content (AvgIpc) is 2.52. The molecule has 9 heteroatoms. The summed E-state index contributed by atoms with van der Waals surface area (Å²) >= 11 is 11.9. The fourth-order valence-electron chi connectivity index (χ4n) is 2.02. The van der Waals surface area contributed by atoms with Crippen molar-refractivity contribution in [2.45, 2.75) is 18.7 Å². The molecule has 2 N–H and O–H groups in total. The van der Waals surface area contributed by atoms with Gasteiger partial charge in [-0.1, -0.05) is 23.2 Å². The summed E-state index contributed by atoms with van der Waals surface area (Å²) in [4.78, 5) is 11.3. The molecule has 0 heterocycles. The van der Waals surface area contributed by atoms with Crippen LogP contribution in [0.25, 0.3) is 0 Å². The highest BCUT2D eigenvalue weighted by atomic mass is 35.5. The van der Waals surface area contributed by atoms with E-state index in [1.807, 2.05) is 0 Å². The molecule has 0 saturated heterocycles. The highest BCUT2D eigenvalue weighted by molar-refractivity contribution is 7.92. The van der Waals surface area contributed by atoms with Crippen LogP contribution in [-0.2, 0) is 14.8 Å². The lowest BCUT2D eigenvalue weighted by Crippen LogP contribution is -2.15. The van der Waals surface area contributed by atoms with E-state index >= 15 is 0 Å². The number of halogens is 2. The van der Waals surface area contributed by atoms with Crippen molar-refractivity contribution in [3.8, 4) is 5.75 Å². The molecule has 0 atom stereocenters. The topological polar surface area (TPSA) is 84.5 Å². The van der Waals surface area contributed by atoms with Crippen molar-refractivity contribution in [2.75, 3.05) is 16.6 Å². The molecular weight excluding hydrogens is 387 g/mol. The molecule has 1 amide bonds. The lowest BCUT2D eigenvalue weighted by molar-refractivity contribution is -0.114. The van der Waals surface area contributed by atoms with E-state index in [1.165, 1.54) is 37.3 Å². The molecule has 0 bridgehead atoms. The van der Waals surface area contributed by atoms with E-state index in [4.69, 9.17) is 27.9 Å². The summed E-state index contributed by atoms with van der Waals surface area (Å²) in [6.45, 7) is 3.47. The van der Waals surface area contributed by atoms with Gasteiger partial charge in [-0.25, -0.2) is 8.42 Å². The first-order valence-corrected chi connectivity index (χ1v) is 9.49. The molecule has 0 aliphatic rings. The van der Waals surface area contributed by atoms with E-state index in [-0.39, 0.29) is 27.2 Å². The van der Waals surface area contributed by atoms with E-state index in [0.717, 1.165) is 0 Å². The zero-order chi connectivity index (χ0) is 18.6. The standard InChI is InChI=1S/C16H16Cl2N2O4S/c1-3-24-16-7-5-12(9-15(16)19-10(2)21)25(22,23)20-14-8-11(17)4-6-13(14)18/h4-9,20H,3H2,1-2H3,(H,19,21). The van der Waals surface area contributed by atoms with Gasteiger partial charge in [0.15, 0.2) is 0 Å². The number of benzene rings is 2. The van der Waals surface area contributed by atoms with Gasteiger partial charge in [0.1, 0.15) is 5.75 Å².